The second kappa shape index (κ2) is 13.4. The zero-order chi connectivity index (χ0) is 25.0. The molecular formula is C26H31N3O5S. The normalized spacial score (nSPS) is 15.2. The van der Waals surface area contributed by atoms with E-state index in [-0.39, 0.29) is 17.4 Å². The lowest BCUT2D eigenvalue weighted by atomic mass is 10.1. The molecule has 186 valence electrons. The minimum Gasteiger partial charge on any atom is -0.493 e. The van der Waals surface area contributed by atoms with Gasteiger partial charge < -0.3 is 19.7 Å². The standard InChI is InChI=1S/C26H31N3O5S/c1-2-3-15-34-23(30)18-22-25(32)27-13-14-29(22)26(35)28-24(31)20-10-7-11-21(17-20)33-16-12-19-8-5-4-6-9-19/h4-11,17,22H,2-3,12-16,18H2,1H3,(H,27,32)(H,28,31,35). The average molecular weight is 498 g/mol. The zero-order valence-electron chi connectivity index (χ0n) is 19.8. The molecular weight excluding hydrogens is 466 g/mol. The van der Waals surface area contributed by atoms with Gasteiger partial charge in [-0.3, -0.25) is 19.7 Å². The van der Waals surface area contributed by atoms with Crippen LogP contribution in [0, 0.1) is 0 Å². The number of benzene rings is 2. The average Bonchev–Trinajstić information content (AvgIpc) is 2.86. The van der Waals surface area contributed by atoms with Crippen molar-refractivity contribution in [3.8, 4) is 5.75 Å². The lowest BCUT2D eigenvalue weighted by Crippen LogP contribution is -2.60. The number of nitrogens with one attached hydrogen (secondary N) is 2. The Balaban J connectivity index is 1.56. The summed E-state index contributed by atoms with van der Waals surface area (Å²) in [4.78, 5) is 39.0. The molecule has 2 N–H and O–H groups in total. The van der Waals surface area contributed by atoms with Crippen LogP contribution in [0.1, 0.15) is 42.1 Å². The number of ether oxygens (including phenoxy) is 2. The van der Waals surface area contributed by atoms with E-state index in [9.17, 15) is 14.4 Å². The second-order valence-corrected chi connectivity index (χ2v) is 8.54. The van der Waals surface area contributed by atoms with Gasteiger partial charge in [-0.05, 0) is 42.4 Å². The van der Waals surface area contributed by atoms with Gasteiger partial charge in [0.15, 0.2) is 5.11 Å². The van der Waals surface area contributed by atoms with Crippen molar-refractivity contribution in [3.05, 3.63) is 65.7 Å². The number of nitrogens with zero attached hydrogens (tertiary/aromatic N) is 1. The van der Waals surface area contributed by atoms with Gasteiger partial charge in [0, 0.05) is 25.1 Å². The van der Waals surface area contributed by atoms with Crippen molar-refractivity contribution in [1.29, 1.82) is 0 Å². The summed E-state index contributed by atoms with van der Waals surface area (Å²) >= 11 is 5.43. The SMILES string of the molecule is CCCCOC(=O)CC1C(=O)NCCN1C(=S)NC(=O)c1cccc(OCCc2ccccc2)c1. The van der Waals surface area contributed by atoms with Crippen LogP contribution in [0.4, 0.5) is 0 Å². The third-order valence-electron chi connectivity index (χ3n) is 5.53. The molecule has 2 aromatic carbocycles. The first kappa shape index (κ1) is 26.2. The Hall–Kier alpha value is -3.46. The number of rotatable bonds is 10. The quantitative estimate of drug-likeness (QED) is 0.296. The third kappa shape index (κ3) is 8.06. The van der Waals surface area contributed by atoms with Crippen LogP contribution in [0.5, 0.6) is 5.75 Å². The third-order valence-corrected chi connectivity index (χ3v) is 5.87. The number of carbonyl (C=O) groups is 3. The lowest BCUT2D eigenvalue weighted by Gasteiger charge is -2.36. The molecule has 1 heterocycles. The Morgan fingerprint density at radius 2 is 1.94 bits per heavy atom. The van der Waals surface area contributed by atoms with E-state index >= 15 is 0 Å². The van der Waals surface area contributed by atoms with Crippen LogP contribution in [-0.4, -0.2) is 60.1 Å². The highest BCUT2D eigenvalue weighted by molar-refractivity contribution is 7.80. The fraction of sp³-hybridized carbons (Fsp3) is 0.385. The van der Waals surface area contributed by atoms with Gasteiger partial charge in [-0.2, -0.15) is 0 Å². The summed E-state index contributed by atoms with van der Waals surface area (Å²) < 4.78 is 11.0. The Morgan fingerprint density at radius 1 is 1.14 bits per heavy atom. The minimum absolute atomic E-state index is 0.0895. The van der Waals surface area contributed by atoms with E-state index in [1.54, 1.807) is 29.2 Å². The number of thiocarbonyl (C=S) groups is 1. The van der Waals surface area contributed by atoms with Crippen LogP contribution in [0.25, 0.3) is 0 Å². The molecule has 0 aromatic heterocycles. The van der Waals surface area contributed by atoms with Crippen LogP contribution in [0.3, 0.4) is 0 Å². The monoisotopic (exact) mass is 497 g/mol. The fourth-order valence-corrected chi connectivity index (χ4v) is 3.92. The van der Waals surface area contributed by atoms with Crippen LogP contribution >= 0.6 is 12.2 Å². The highest BCUT2D eigenvalue weighted by atomic mass is 32.1. The molecule has 0 bridgehead atoms. The first-order valence-corrected chi connectivity index (χ1v) is 12.2. The van der Waals surface area contributed by atoms with E-state index in [2.05, 4.69) is 10.6 Å². The van der Waals surface area contributed by atoms with Crippen molar-refractivity contribution < 1.29 is 23.9 Å². The van der Waals surface area contributed by atoms with E-state index in [1.807, 2.05) is 37.3 Å². The van der Waals surface area contributed by atoms with Crippen LogP contribution in [0.2, 0.25) is 0 Å². The molecule has 1 aliphatic heterocycles. The van der Waals surface area contributed by atoms with E-state index < -0.39 is 17.9 Å². The number of piperazine rings is 1. The van der Waals surface area contributed by atoms with Crippen molar-refractivity contribution in [2.24, 2.45) is 0 Å². The van der Waals surface area contributed by atoms with Crippen molar-refractivity contribution in [1.82, 2.24) is 15.5 Å². The first-order valence-electron chi connectivity index (χ1n) is 11.8. The maximum absolute atomic E-state index is 12.9. The van der Waals surface area contributed by atoms with Crippen molar-refractivity contribution in [2.45, 2.75) is 38.6 Å². The molecule has 0 aliphatic carbocycles. The predicted octanol–water partition coefficient (Wildman–Crippen LogP) is 2.86. The van der Waals surface area contributed by atoms with Gasteiger partial charge in [0.1, 0.15) is 11.8 Å². The van der Waals surface area contributed by atoms with Crippen LogP contribution < -0.4 is 15.4 Å². The highest BCUT2D eigenvalue weighted by Crippen LogP contribution is 2.15. The smallest absolute Gasteiger partial charge is 0.308 e. The minimum atomic E-state index is -0.835. The number of esters is 1. The molecule has 1 saturated heterocycles. The molecule has 8 nitrogen and oxygen atoms in total. The summed E-state index contributed by atoms with van der Waals surface area (Å²) in [5.41, 5.74) is 1.54. The summed E-state index contributed by atoms with van der Waals surface area (Å²) in [6, 6.07) is 16.0. The van der Waals surface area contributed by atoms with Crippen molar-refractivity contribution in [2.75, 3.05) is 26.3 Å². The van der Waals surface area contributed by atoms with Gasteiger partial charge in [-0.1, -0.05) is 49.7 Å². The van der Waals surface area contributed by atoms with Gasteiger partial charge in [0.25, 0.3) is 5.91 Å². The lowest BCUT2D eigenvalue weighted by molar-refractivity contribution is -0.147. The molecule has 1 aliphatic rings. The molecule has 0 spiro atoms. The van der Waals surface area contributed by atoms with Gasteiger partial charge >= 0.3 is 5.97 Å². The molecule has 3 rings (SSSR count). The number of hydrogen-bond acceptors (Lipinski definition) is 6. The Bertz CT molecular complexity index is 1030. The van der Waals surface area contributed by atoms with Gasteiger partial charge in [0.05, 0.1) is 19.6 Å². The number of unbranched alkanes of at least 4 members (excludes halogenated alkanes) is 1. The van der Waals surface area contributed by atoms with E-state index in [1.165, 1.54) is 5.56 Å². The fourth-order valence-electron chi connectivity index (χ4n) is 3.61. The summed E-state index contributed by atoms with van der Waals surface area (Å²) in [6.45, 7) is 3.53. The highest BCUT2D eigenvalue weighted by Gasteiger charge is 2.34. The maximum Gasteiger partial charge on any atom is 0.308 e. The maximum atomic E-state index is 12.9. The molecule has 1 fully saturated rings. The van der Waals surface area contributed by atoms with Crippen molar-refractivity contribution in [3.63, 3.8) is 0 Å². The van der Waals surface area contributed by atoms with Crippen LogP contribution in [0.15, 0.2) is 54.6 Å². The number of hydrogen-bond donors (Lipinski definition) is 2. The molecule has 35 heavy (non-hydrogen) atoms. The predicted molar refractivity (Wildman–Crippen MR) is 136 cm³/mol. The summed E-state index contributed by atoms with van der Waals surface area (Å²) in [7, 11) is 0. The largest absolute Gasteiger partial charge is 0.493 e. The molecule has 0 radical (unpaired) electrons. The summed E-state index contributed by atoms with van der Waals surface area (Å²) in [6.07, 6.45) is 2.27. The Morgan fingerprint density at radius 3 is 2.71 bits per heavy atom. The van der Waals surface area contributed by atoms with Crippen LogP contribution in [-0.2, 0) is 20.7 Å². The topological polar surface area (TPSA) is 97.0 Å². The first-order chi connectivity index (χ1) is 17.0. The van der Waals surface area contributed by atoms with Gasteiger partial charge in [-0.25, -0.2) is 0 Å². The van der Waals surface area contributed by atoms with E-state index in [0.717, 1.165) is 19.3 Å². The van der Waals surface area contributed by atoms with E-state index in [4.69, 9.17) is 21.7 Å². The summed E-state index contributed by atoms with van der Waals surface area (Å²) in [5, 5.41) is 5.51. The Kier molecular flexibility index (Phi) is 10.0. The molecule has 2 amide bonds. The second-order valence-electron chi connectivity index (χ2n) is 8.15. The summed E-state index contributed by atoms with van der Waals surface area (Å²) in [5.74, 6) is -0.641. The molecule has 1 atom stereocenters. The van der Waals surface area contributed by atoms with Gasteiger partial charge in [-0.15, -0.1) is 0 Å². The van der Waals surface area contributed by atoms with Gasteiger partial charge in [0.2, 0.25) is 5.91 Å². The molecule has 9 heteroatoms. The number of amides is 2. The number of carbonyl (C=O) groups excluding carboxylic acids is 3. The molecule has 1 unspecified atom stereocenters. The Labute approximate surface area is 211 Å². The van der Waals surface area contributed by atoms with Crippen molar-refractivity contribution >= 4 is 35.1 Å². The zero-order valence-corrected chi connectivity index (χ0v) is 20.6. The van der Waals surface area contributed by atoms with E-state index in [0.29, 0.717) is 37.6 Å². The molecule has 2 aromatic rings. The molecule has 0 saturated carbocycles.